The number of benzene rings is 1. The molecule has 0 saturated carbocycles. The molecule has 0 radical (unpaired) electrons. The first-order valence-corrected chi connectivity index (χ1v) is 10.1. The van der Waals surface area contributed by atoms with Crippen molar-refractivity contribution in [2.75, 3.05) is 58.3 Å². The second-order valence-electron chi connectivity index (χ2n) is 6.90. The summed E-state index contributed by atoms with van der Waals surface area (Å²) in [6, 6.07) is 9.86. The van der Waals surface area contributed by atoms with Gasteiger partial charge in [-0.1, -0.05) is 18.2 Å². The van der Waals surface area contributed by atoms with Crippen molar-refractivity contribution < 1.29 is 4.74 Å². The van der Waals surface area contributed by atoms with E-state index in [1.165, 1.54) is 0 Å². The van der Waals surface area contributed by atoms with Crippen LogP contribution in [0.5, 0.6) is 5.75 Å². The number of piperazine rings is 1. The highest BCUT2D eigenvalue weighted by molar-refractivity contribution is 5.79. The third-order valence-corrected chi connectivity index (χ3v) is 5.01. The van der Waals surface area contributed by atoms with Gasteiger partial charge in [-0.25, -0.2) is 9.97 Å². The highest BCUT2D eigenvalue weighted by Gasteiger charge is 2.18. The number of rotatable bonds is 8. The quantitative estimate of drug-likeness (QED) is 0.396. The van der Waals surface area contributed by atoms with E-state index in [0.717, 1.165) is 68.9 Å². The Morgan fingerprint density at radius 1 is 1.07 bits per heavy atom. The van der Waals surface area contributed by atoms with Crippen molar-refractivity contribution in [3.05, 3.63) is 48.3 Å². The van der Waals surface area contributed by atoms with Gasteiger partial charge in [-0.2, -0.15) is 0 Å². The molecule has 2 aromatic rings. The van der Waals surface area contributed by atoms with Crippen molar-refractivity contribution in [3.63, 3.8) is 0 Å². The number of methoxy groups -OCH3 is 1. The minimum Gasteiger partial charge on any atom is -0.496 e. The Bertz CT molecular complexity index is 761. The van der Waals surface area contributed by atoms with Crippen LogP contribution in [0, 0.1) is 0 Å². The molecule has 1 aliphatic rings. The summed E-state index contributed by atoms with van der Waals surface area (Å²) in [4.78, 5) is 17.7. The van der Waals surface area contributed by atoms with Crippen molar-refractivity contribution in [1.29, 1.82) is 0 Å². The first kappa shape index (κ1) is 20.9. The maximum atomic E-state index is 5.40. The summed E-state index contributed by atoms with van der Waals surface area (Å²) in [7, 11) is 3.49. The summed E-state index contributed by atoms with van der Waals surface area (Å²) in [6.07, 6.45) is 4.67. The van der Waals surface area contributed by atoms with Crippen LogP contribution < -0.4 is 20.3 Å². The molecule has 1 aromatic heterocycles. The lowest BCUT2D eigenvalue weighted by Crippen LogP contribution is -2.47. The molecule has 1 saturated heterocycles. The van der Waals surface area contributed by atoms with Crippen LogP contribution in [0.3, 0.4) is 0 Å². The highest BCUT2D eigenvalue weighted by Crippen LogP contribution is 2.16. The summed E-state index contributed by atoms with van der Waals surface area (Å²) < 4.78 is 5.40. The van der Waals surface area contributed by atoms with Crippen LogP contribution in [0.15, 0.2) is 47.7 Å². The smallest absolute Gasteiger partial charge is 0.225 e. The van der Waals surface area contributed by atoms with Crippen LogP contribution in [0.1, 0.15) is 12.0 Å². The van der Waals surface area contributed by atoms with Crippen LogP contribution in [0.2, 0.25) is 0 Å². The molecule has 0 aliphatic carbocycles. The average Bonchev–Trinajstić information content (AvgIpc) is 2.80. The van der Waals surface area contributed by atoms with E-state index >= 15 is 0 Å². The number of aromatic nitrogens is 2. The predicted octanol–water partition coefficient (Wildman–Crippen LogP) is 1.36. The van der Waals surface area contributed by atoms with Gasteiger partial charge in [0.05, 0.1) is 7.11 Å². The van der Waals surface area contributed by atoms with E-state index in [4.69, 9.17) is 4.74 Å². The van der Waals surface area contributed by atoms with E-state index in [1.54, 1.807) is 26.6 Å². The van der Waals surface area contributed by atoms with E-state index in [-0.39, 0.29) is 0 Å². The molecule has 29 heavy (non-hydrogen) atoms. The molecule has 3 rings (SSSR count). The molecule has 8 nitrogen and oxygen atoms in total. The largest absolute Gasteiger partial charge is 0.496 e. The maximum absolute atomic E-state index is 5.40. The number of hydrogen-bond donors (Lipinski definition) is 2. The van der Waals surface area contributed by atoms with E-state index < -0.39 is 0 Å². The molecule has 0 unspecified atom stereocenters. The molecule has 2 N–H and O–H groups in total. The highest BCUT2D eigenvalue weighted by atomic mass is 16.5. The number of nitrogens with one attached hydrogen (secondary N) is 2. The van der Waals surface area contributed by atoms with E-state index in [0.29, 0.717) is 6.54 Å². The van der Waals surface area contributed by atoms with Gasteiger partial charge in [0.2, 0.25) is 5.95 Å². The number of nitrogens with zero attached hydrogens (tertiary/aromatic N) is 5. The zero-order chi connectivity index (χ0) is 20.3. The first-order chi connectivity index (χ1) is 14.3. The third kappa shape index (κ3) is 6.32. The monoisotopic (exact) mass is 397 g/mol. The minimum absolute atomic E-state index is 0.674. The summed E-state index contributed by atoms with van der Waals surface area (Å²) in [6.45, 7) is 6.65. The van der Waals surface area contributed by atoms with E-state index in [9.17, 15) is 0 Å². The minimum atomic E-state index is 0.674. The normalized spacial score (nSPS) is 15.2. The van der Waals surface area contributed by atoms with E-state index in [1.807, 2.05) is 24.3 Å². The standard InChI is InChI=1S/C21H31N7O/c1-22-20(26-17-18-7-3-4-8-19(18)29-2)23-11-6-12-27-13-15-28(16-14-27)21-24-9-5-10-25-21/h3-5,7-10H,6,11-17H2,1-2H3,(H2,22,23,26). The van der Waals surface area contributed by atoms with Gasteiger partial charge < -0.3 is 20.3 Å². The van der Waals surface area contributed by atoms with Crippen molar-refractivity contribution >= 4 is 11.9 Å². The second-order valence-corrected chi connectivity index (χ2v) is 6.90. The molecule has 1 aromatic carbocycles. The summed E-state index contributed by atoms with van der Waals surface area (Å²) in [5.41, 5.74) is 1.11. The van der Waals surface area contributed by atoms with Gasteiger partial charge in [-0.15, -0.1) is 0 Å². The lowest BCUT2D eigenvalue weighted by Gasteiger charge is -2.34. The van der Waals surface area contributed by atoms with Crippen molar-refractivity contribution in [3.8, 4) is 5.75 Å². The number of guanidine groups is 1. The second kappa shape index (κ2) is 11.2. The first-order valence-electron chi connectivity index (χ1n) is 10.1. The third-order valence-electron chi connectivity index (χ3n) is 5.01. The zero-order valence-corrected chi connectivity index (χ0v) is 17.3. The van der Waals surface area contributed by atoms with E-state index in [2.05, 4.69) is 41.5 Å². The fraction of sp³-hybridized carbons (Fsp3) is 0.476. The molecular formula is C21H31N7O. The van der Waals surface area contributed by atoms with Crippen LogP contribution in [0.4, 0.5) is 5.95 Å². The molecule has 0 atom stereocenters. The van der Waals surface area contributed by atoms with Crippen LogP contribution >= 0.6 is 0 Å². The van der Waals surface area contributed by atoms with Gasteiger partial charge >= 0.3 is 0 Å². The van der Waals surface area contributed by atoms with Crippen LogP contribution in [-0.2, 0) is 6.54 Å². The number of aliphatic imine (C=N–C) groups is 1. The molecule has 1 fully saturated rings. The molecule has 8 heteroatoms. The van der Waals surface area contributed by atoms with Gasteiger partial charge in [0.1, 0.15) is 5.75 Å². The maximum Gasteiger partial charge on any atom is 0.225 e. The Labute approximate surface area is 173 Å². The molecule has 0 spiro atoms. The predicted molar refractivity (Wildman–Crippen MR) is 116 cm³/mol. The molecular weight excluding hydrogens is 366 g/mol. The van der Waals surface area contributed by atoms with Gasteiger partial charge in [0.15, 0.2) is 5.96 Å². The fourth-order valence-electron chi connectivity index (χ4n) is 3.38. The Morgan fingerprint density at radius 3 is 2.55 bits per heavy atom. The van der Waals surface area contributed by atoms with Crippen LogP contribution in [0.25, 0.3) is 0 Å². The number of para-hydroxylation sites is 1. The van der Waals surface area contributed by atoms with Crippen molar-refractivity contribution in [2.24, 2.45) is 4.99 Å². The fourth-order valence-corrected chi connectivity index (χ4v) is 3.38. The van der Waals surface area contributed by atoms with Crippen LogP contribution in [-0.4, -0.2) is 74.3 Å². The zero-order valence-electron chi connectivity index (χ0n) is 17.3. The van der Waals surface area contributed by atoms with Crippen molar-refractivity contribution in [2.45, 2.75) is 13.0 Å². The number of anilines is 1. The lowest BCUT2D eigenvalue weighted by molar-refractivity contribution is 0.254. The number of ether oxygens (including phenoxy) is 1. The Hall–Kier alpha value is -2.87. The molecule has 0 bridgehead atoms. The summed E-state index contributed by atoms with van der Waals surface area (Å²) in [5.74, 6) is 2.52. The Kier molecular flexibility index (Phi) is 8.06. The van der Waals surface area contributed by atoms with Gasteiger partial charge in [0, 0.05) is 64.3 Å². The lowest BCUT2D eigenvalue weighted by atomic mass is 10.2. The summed E-state index contributed by atoms with van der Waals surface area (Å²) in [5, 5.41) is 6.74. The van der Waals surface area contributed by atoms with Crippen molar-refractivity contribution in [1.82, 2.24) is 25.5 Å². The number of hydrogen-bond acceptors (Lipinski definition) is 6. The van der Waals surface area contributed by atoms with Gasteiger partial charge in [0.25, 0.3) is 0 Å². The SMILES string of the molecule is CN=C(NCCCN1CCN(c2ncccn2)CC1)NCc1ccccc1OC. The molecule has 2 heterocycles. The van der Waals surface area contributed by atoms with Gasteiger partial charge in [-0.05, 0) is 25.1 Å². The van der Waals surface area contributed by atoms with Gasteiger partial charge in [-0.3, -0.25) is 9.89 Å². The Morgan fingerprint density at radius 2 is 1.83 bits per heavy atom. The summed E-state index contributed by atoms with van der Waals surface area (Å²) >= 11 is 0. The molecule has 156 valence electrons. The Balaban J connectivity index is 1.32. The molecule has 1 aliphatic heterocycles. The molecule has 0 amide bonds. The average molecular weight is 398 g/mol. The topological polar surface area (TPSA) is 77.9 Å².